The number of hydrogen-bond acceptors (Lipinski definition) is 5. The largest absolute Gasteiger partial charge is 0.462 e. The number of hydrogen-bond donors (Lipinski definition) is 1. The molecule has 1 atom stereocenters. The van der Waals surface area contributed by atoms with Crippen LogP contribution in [0, 0.1) is 5.92 Å². The number of nitrogens with one attached hydrogen (secondary N) is 1. The minimum absolute atomic E-state index is 0.282. The van der Waals surface area contributed by atoms with Crippen molar-refractivity contribution < 1.29 is 23.9 Å². The fourth-order valence-electron chi connectivity index (χ4n) is 3.16. The molecule has 1 N–H and O–H groups in total. The van der Waals surface area contributed by atoms with E-state index in [1.54, 1.807) is 50.5 Å². The Morgan fingerprint density at radius 3 is 2.71 bits per heavy atom. The van der Waals surface area contributed by atoms with Crippen molar-refractivity contribution in [1.29, 1.82) is 0 Å². The van der Waals surface area contributed by atoms with Crippen LogP contribution in [-0.2, 0) is 9.47 Å². The molecule has 162 valence electrons. The molecule has 1 aliphatic heterocycles. The number of methoxy groups -OCH3 is 1. The molecule has 31 heavy (non-hydrogen) atoms. The highest BCUT2D eigenvalue weighted by Gasteiger charge is 2.34. The standard InChI is InChI=1S/C22H24N4O5/c1-3-31-20(27)15-9-11-16(12-10-15)23-21(28)25-19-17-7-4-5-8-18(17)24-22(29)26(19)13-6-14-30-2/h4-5,7-12,17H,3,6,13-14H2,1-2H3,(H,23,28)/b25-19-. The lowest BCUT2D eigenvalue weighted by molar-refractivity contribution is 0.0526. The zero-order valence-corrected chi connectivity index (χ0v) is 17.4. The first-order chi connectivity index (χ1) is 15.0. The summed E-state index contributed by atoms with van der Waals surface area (Å²) in [7, 11) is 1.58. The van der Waals surface area contributed by atoms with Gasteiger partial charge >= 0.3 is 18.0 Å². The molecule has 0 saturated heterocycles. The average Bonchev–Trinajstić information content (AvgIpc) is 2.76. The summed E-state index contributed by atoms with van der Waals surface area (Å²) in [5.74, 6) is -0.508. The second-order valence-corrected chi connectivity index (χ2v) is 6.74. The van der Waals surface area contributed by atoms with Crippen LogP contribution in [0.5, 0.6) is 0 Å². The van der Waals surface area contributed by atoms with Crippen molar-refractivity contribution in [2.45, 2.75) is 13.3 Å². The summed E-state index contributed by atoms with van der Waals surface area (Å²) in [6.07, 6.45) is 7.76. The Hall–Kier alpha value is -3.59. The molecule has 4 amide bonds. The van der Waals surface area contributed by atoms with E-state index in [0.29, 0.717) is 42.4 Å². The van der Waals surface area contributed by atoms with E-state index in [2.05, 4.69) is 15.3 Å². The minimum Gasteiger partial charge on any atom is -0.462 e. The van der Waals surface area contributed by atoms with Crippen molar-refractivity contribution in [1.82, 2.24) is 4.90 Å². The number of benzene rings is 1. The third kappa shape index (κ3) is 5.52. The lowest BCUT2D eigenvalue weighted by Gasteiger charge is -2.31. The van der Waals surface area contributed by atoms with E-state index in [1.165, 1.54) is 4.90 Å². The molecule has 1 aromatic carbocycles. The predicted octanol–water partition coefficient (Wildman–Crippen LogP) is 3.45. The summed E-state index contributed by atoms with van der Waals surface area (Å²) >= 11 is 0. The summed E-state index contributed by atoms with van der Waals surface area (Å²) in [6, 6.07) is 5.19. The van der Waals surface area contributed by atoms with Crippen LogP contribution >= 0.6 is 0 Å². The first-order valence-electron chi connectivity index (χ1n) is 9.94. The Labute approximate surface area is 180 Å². The molecule has 9 nitrogen and oxygen atoms in total. The topological polar surface area (TPSA) is 110 Å². The molecule has 0 spiro atoms. The van der Waals surface area contributed by atoms with Gasteiger partial charge in [-0.1, -0.05) is 18.2 Å². The van der Waals surface area contributed by atoms with Crippen LogP contribution in [0.15, 0.2) is 58.6 Å². The van der Waals surface area contributed by atoms with Crippen LogP contribution in [-0.4, -0.2) is 61.3 Å². The number of urea groups is 2. The lowest BCUT2D eigenvalue weighted by Crippen LogP contribution is -2.47. The maximum absolute atomic E-state index is 12.6. The third-order valence-electron chi connectivity index (χ3n) is 4.60. The van der Waals surface area contributed by atoms with Crippen molar-refractivity contribution >= 4 is 35.3 Å². The molecule has 0 radical (unpaired) electrons. The third-order valence-corrected chi connectivity index (χ3v) is 4.60. The normalized spacial score (nSPS) is 18.6. The highest BCUT2D eigenvalue weighted by atomic mass is 16.5. The second-order valence-electron chi connectivity index (χ2n) is 6.74. The Bertz CT molecular complexity index is 963. The fraction of sp³-hybridized carbons (Fsp3) is 0.318. The Morgan fingerprint density at radius 1 is 1.23 bits per heavy atom. The van der Waals surface area contributed by atoms with Gasteiger partial charge < -0.3 is 14.8 Å². The summed E-state index contributed by atoms with van der Waals surface area (Å²) in [4.78, 5) is 46.6. The molecule has 2 aliphatic rings. The van der Waals surface area contributed by atoms with Gasteiger partial charge in [-0.3, -0.25) is 4.90 Å². The van der Waals surface area contributed by atoms with Gasteiger partial charge in [0.25, 0.3) is 0 Å². The van der Waals surface area contributed by atoms with Crippen LogP contribution < -0.4 is 5.32 Å². The number of carbonyl (C=O) groups excluding carboxylic acids is 3. The van der Waals surface area contributed by atoms with Gasteiger partial charge in [0.15, 0.2) is 0 Å². The molecule has 0 saturated carbocycles. The van der Waals surface area contributed by atoms with Gasteiger partial charge in [0.05, 0.1) is 23.8 Å². The van der Waals surface area contributed by atoms with Crippen molar-refractivity contribution in [3.8, 4) is 0 Å². The summed E-state index contributed by atoms with van der Waals surface area (Å²) in [5.41, 5.74) is 1.39. The van der Waals surface area contributed by atoms with Crippen LogP contribution in [0.4, 0.5) is 15.3 Å². The van der Waals surface area contributed by atoms with E-state index < -0.39 is 18.0 Å². The minimum atomic E-state index is -0.632. The SMILES string of the molecule is CCOC(=O)c1ccc(NC(=O)/N=C2/C3C=CC=CC3=NC(=O)N2CCCOC)cc1. The molecule has 0 bridgehead atoms. The van der Waals surface area contributed by atoms with Crippen LogP contribution in [0.3, 0.4) is 0 Å². The number of amidine groups is 1. The van der Waals surface area contributed by atoms with E-state index in [4.69, 9.17) is 9.47 Å². The highest BCUT2D eigenvalue weighted by Crippen LogP contribution is 2.22. The Balaban J connectivity index is 1.79. The van der Waals surface area contributed by atoms with Crippen molar-refractivity contribution in [2.75, 3.05) is 32.2 Å². The first kappa shape index (κ1) is 22.1. The molecule has 1 unspecified atom stereocenters. The summed E-state index contributed by atoms with van der Waals surface area (Å²) in [5, 5.41) is 2.66. The number of amides is 4. The quantitative estimate of drug-likeness (QED) is 0.533. The van der Waals surface area contributed by atoms with E-state index >= 15 is 0 Å². The molecule has 1 heterocycles. The lowest BCUT2D eigenvalue weighted by atomic mass is 9.94. The molecule has 1 aliphatic carbocycles. The van der Waals surface area contributed by atoms with Gasteiger partial charge in [-0.2, -0.15) is 9.98 Å². The van der Waals surface area contributed by atoms with Crippen LogP contribution in [0.1, 0.15) is 23.7 Å². The van der Waals surface area contributed by atoms with Crippen molar-refractivity contribution in [2.24, 2.45) is 15.9 Å². The summed E-state index contributed by atoms with van der Waals surface area (Å²) < 4.78 is 10.0. The number of anilines is 1. The zero-order chi connectivity index (χ0) is 22.2. The number of fused-ring (bicyclic) bond motifs is 1. The molecule has 0 aromatic heterocycles. The molecule has 0 fully saturated rings. The number of aliphatic imine (C=N–C) groups is 2. The van der Waals surface area contributed by atoms with Gasteiger partial charge in [-0.15, -0.1) is 0 Å². The van der Waals surface area contributed by atoms with Gasteiger partial charge in [-0.05, 0) is 43.7 Å². The zero-order valence-electron chi connectivity index (χ0n) is 17.4. The molecular weight excluding hydrogens is 400 g/mol. The smallest absolute Gasteiger partial charge is 0.349 e. The van der Waals surface area contributed by atoms with E-state index in [0.717, 1.165) is 0 Å². The van der Waals surface area contributed by atoms with Crippen molar-refractivity contribution in [3.05, 3.63) is 54.1 Å². The maximum atomic E-state index is 12.6. The molecule has 3 rings (SSSR count). The van der Waals surface area contributed by atoms with E-state index in [-0.39, 0.29) is 12.5 Å². The monoisotopic (exact) mass is 424 g/mol. The number of ether oxygens (including phenoxy) is 2. The number of esters is 1. The van der Waals surface area contributed by atoms with Crippen LogP contribution in [0.2, 0.25) is 0 Å². The Morgan fingerprint density at radius 2 is 2.00 bits per heavy atom. The number of nitrogens with zero attached hydrogens (tertiary/aromatic N) is 3. The van der Waals surface area contributed by atoms with Gasteiger partial charge in [0, 0.05) is 25.9 Å². The Kier molecular flexibility index (Phi) is 7.45. The first-order valence-corrected chi connectivity index (χ1v) is 9.94. The van der Waals surface area contributed by atoms with E-state index in [1.807, 2.05) is 12.2 Å². The maximum Gasteiger partial charge on any atom is 0.349 e. The van der Waals surface area contributed by atoms with Gasteiger partial charge in [0.1, 0.15) is 5.84 Å². The average molecular weight is 424 g/mol. The molecule has 9 heteroatoms. The highest BCUT2D eigenvalue weighted by molar-refractivity contribution is 6.24. The van der Waals surface area contributed by atoms with Gasteiger partial charge in [-0.25, -0.2) is 14.4 Å². The second kappa shape index (κ2) is 10.4. The fourth-order valence-corrected chi connectivity index (χ4v) is 3.16. The van der Waals surface area contributed by atoms with Gasteiger partial charge in [0.2, 0.25) is 0 Å². The van der Waals surface area contributed by atoms with Crippen LogP contribution in [0.25, 0.3) is 0 Å². The predicted molar refractivity (Wildman–Crippen MR) is 117 cm³/mol. The molecule has 1 aromatic rings. The summed E-state index contributed by atoms with van der Waals surface area (Å²) in [6.45, 7) is 2.81. The number of carbonyl (C=O) groups is 3. The number of allylic oxidation sites excluding steroid dienone is 3. The van der Waals surface area contributed by atoms with Crippen molar-refractivity contribution in [3.63, 3.8) is 0 Å². The van der Waals surface area contributed by atoms with E-state index in [9.17, 15) is 14.4 Å². The number of rotatable bonds is 7. The molecular formula is C22H24N4O5.